The van der Waals surface area contributed by atoms with Crippen LogP contribution in [0.5, 0.6) is 0 Å². The first-order chi connectivity index (χ1) is 9.63. The van der Waals surface area contributed by atoms with Gasteiger partial charge in [-0.25, -0.2) is 8.78 Å². The number of amides is 1. The summed E-state index contributed by atoms with van der Waals surface area (Å²) in [4.78, 5) is 11.9. The molecule has 0 aliphatic heterocycles. The molecule has 100 valence electrons. The monoisotopic (exact) mass is 272 g/mol. The van der Waals surface area contributed by atoms with Crippen LogP contribution in [-0.4, -0.2) is 5.91 Å². The van der Waals surface area contributed by atoms with Gasteiger partial charge in [-0.1, -0.05) is 36.4 Å². The van der Waals surface area contributed by atoms with E-state index in [1.165, 1.54) is 6.07 Å². The minimum Gasteiger partial charge on any atom is -0.332 e. The maximum atomic E-state index is 13.5. The van der Waals surface area contributed by atoms with Gasteiger partial charge in [-0.3, -0.25) is 4.79 Å². The number of halogens is 2. The zero-order valence-electron chi connectivity index (χ0n) is 10.3. The molecule has 0 saturated carbocycles. The van der Waals surface area contributed by atoms with Gasteiger partial charge in [-0.15, -0.1) is 0 Å². The van der Waals surface area contributed by atoms with Crippen molar-refractivity contribution in [1.29, 1.82) is 5.26 Å². The van der Waals surface area contributed by atoms with Crippen LogP contribution in [0.3, 0.4) is 0 Å². The Bertz CT molecular complexity index is 665. The summed E-state index contributed by atoms with van der Waals surface area (Å²) in [5, 5.41) is 11.4. The minimum absolute atomic E-state index is 0.429. The van der Waals surface area contributed by atoms with Crippen LogP contribution in [0, 0.1) is 23.0 Å². The summed E-state index contributed by atoms with van der Waals surface area (Å²) < 4.78 is 26.6. The van der Waals surface area contributed by atoms with E-state index in [2.05, 4.69) is 5.32 Å². The fourth-order valence-corrected chi connectivity index (χ4v) is 1.72. The lowest BCUT2D eigenvalue weighted by molar-refractivity contribution is 0.0940. The lowest BCUT2D eigenvalue weighted by Crippen LogP contribution is -2.28. The molecule has 1 unspecified atom stereocenters. The molecule has 0 heterocycles. The third kappa shape index (κ3) is 2.81. The number of carbonyl (C=O) groups is 1. The van der Waals surface area contributed by atoms with Crippen molar-refractivity contribution in [2.45, 2.75) is 6.04 Å². The van der Waals surface area contributed by atoms with Crippen LogP contribution in [0.25, 0.3) is 0 Å². The lowest BCUT2D eigenvalue weighted by atomic mass is 10.1. The van der Waals surface area contributed by atoms with Crippen molar-refractivity contribution in [3.63, 3.8) is 0 Å². The fourth-order valence-electron chi connectivity index (χ4n) is 1.72. The highest BCUT2D eigenvalue weighted by atomic mass is 19.2. The first kappa shape index (κ1) is 13.7. The van der Waals surface area contributed by atoms with Crippen LogP contribution >= 0.6 is 0 Å². The van der Waals surface area contributed by atoms with Crippen molar-refractivity contribution in [3.05, 3.63) is 71.3 Å². The molecule has 0 spiro atoms. The number of hydrogen-bond donors (Lipinski definition) is 1. The van der Waals surface area contributed by atoms with E-state index in [9.17, 15) is 13.6 Å². The number of hydrogen-bond acceptors (Lipinski definition) is 2. The Morgan fingerprint density at radius 2 is 1.80 bits per heavy atom. The Hall–Kier alpha value is -2.74. The predicted octanol–water partition coefficient (Wildman–Crippen LogP) is 2.96. The van der Waals surface area contributed by atoms with Gasteiger partial charge in [0.2, 0.25) is 0 Å². The molecular formula is C15H10F2N2O. The molecule has 0 aliphatic rings. The van der Waals surface area contributed by atoms with Gasteiger partial charge in [0.05, 0.1) is 11.6 Å². The van der Waals surface area contributed by atoms with Crippen LogP contribution in [0.15, 0.2) is 48.5 Å². The van der Waals surface area contributed by atoms with Gasteiger partial charge in [-0.05, 0) is 17.7 Å². The second-order valence-corrected chi connectivity index (χ2v) is 4.05. The quantitative estimate of drug-likeness (QED) is 0.933. The Kier molecular flexibility index (Phi) is 4.06. The minimum atomic E-state index is -1.23. The summed E-state index contributed by atoms with van der Waals surface area (Å²) in [7, 11) is 0. The number of rotatable bonds is 3. The van der Waals surface area contributed by atoms with Crippen molar-refractivity contribution < 1.29 is 13.6 Å². The molecule has 0 radical (unpaired) electrons. The van der Waals surface area contributed by atoms with Gasteiger partial charge in [0.1, 0.15) is 6.04 Å². The van der Waals surface area contributed by atoms with Crippen LogP contribution in [0.4, 0.5) is 8.78 Å². The maximum absolute atomic E-state index is 13.5. The highest BCUT2D eigenvalue weighted by Crippen LogP contribution is 2.15. The molecule has 0 aromatic heterocycles. The van der Waals surface area contributed by atoms with E-state index in [-0.39, 0.29) is 0 Å². The molecular weight excluding hydrogens is 262 g/mol. The van der Waals surface area contributed by atoms with Crippen LogP contribution in [0.1, 0.15) is 22.0 Å². The van der Waals surface area contributed by atoms with Crippen molar-refractivity contribution >= 4 is 5.91 Å². The number of nitrogens with zero attached hydrogens (tertiary/aromatic N) is 1. The molecule has 0 aliphatic carbocycles. The van der Waals surface area contributed by atoms with Gasteiger partial charge < -0.3 is 5.32 Å². The first-order valence-electron chi connectivity index (χ1n) is 5.83. The molecule has 2 aromatic rings. The summed E-state index contributed by atoms with van der Waals surface area (Å²) in [5.74, 6) is -3.17. The summed E-state index contributed by atoms with van der Waals surface area (Å²) in [6, 6.07) is 12.8. The third-order valence-electron chi connectivity index (χ3n) is 2.73. The summed E-state index contributed by atoms with van der Waals surface area (Å²) >= 11 is 0. The van der Waals surface area contributed by atoms with Crippen LogP contribution in [-0.2, 0) is 0 Å². The molecule has 1 amide bonds. The molecule has 2 rings (SSSR count). The van der Waals surface area contributed by atoms with Crippen molar-refractivity contribution in [3.8, 4) is 6.07 Å². The van der Waals surface area contributed by atoms with E-state index >= 15 is 0 Å². The average Bonchev–Trinajstić information content (AvgIpc) is 2.48. The smallest absolute Gasteiger partial charge is 0.255 e. The Morgan fingerprint density at radius 3 is 2.45 bits per heavy atom. The van der Waals surface area contributed by atoms with Crippen molar-refractivity contribution in [2.75, 3.05) is 0 Å². The summed E-state index contributed by atoms with van der Waals surface area (Å²) in [5.41, 5.74) is 0.140. The van der Waals surface area contributed by atoms with Gasteiger partial charge in [-0.2, -0.15) is 5.26 Å². The highest BCUT2D eigenvalue weighted by molar-refractivity contribution is 5.94. The number of nitrogens with one attached hydrogen (secondary N) is 1. The van der Waals surface area contributed by atoms with Gasteiger partial charge in [0.15, 0.2) is 11.6 Å². The van der Waals surface area contributed by atoms with Crippen molar-refractivity contribution in [1.82, 2.24) is 5.32 Å². The SMILES string of the molecule is N#CC(NC(=O)c1cccc(F)c1F)c1ccccc1. The number of benzene rings is 2. The zero-order valence-corrected chi connectivity index (χ0v) is 10.3. The second-order valence-electron chi connectivity index (χ2n) is 4.05. The molecule has 0 fully saturated rings. The van der Waals surface area contributed by atoms with Gasteiger partial charge in [0, 0.05) is 0 Å². The fraction of sp³-hybridized carbons (Fsp3) is 0.0667. The molecule has 2 aromatic carbocycles. The molecule has 1 N–H and O–H groups in total. The van der Waals surface area contributed by atoms with E-state index in [0.717, 1.165) is 12.1 Å². The normalized spacial score (nSPS) is 11.4. The van der Waals surface area contributed by atoms with Crippen molar-refractivity contribution in [2.24, 2.45) is 0 Å². The van der Waals surface area contributed by atoms with Gasteiger partial charge in [0.25, 0.3) is 5.91 Å². The number of carbonyl (C=O) groups excluding carboxylic acids is 1. The molecule has 3 nitrogen and oxygen atoms in total. The lowest BCUT2D eigenvalue weighted by Gasteiger charge is -2.12. The Labute approximate surface area is 114 Å². The highest BCUT2D eigenvalue weighted by Gasteiger charge is 2.19. The maximum Gasteiger partial charge on any atom is 0.255 e. The van der Waals surface area contributed by atoms with E-state index < -0.39 is 29.1 Å². The molecule has 20 heavy (non-hydrogen) atoms. The van der Waals surface area contributed by atoms with E-state index in [0.29, 0.717) is 5.56 Å². The Balaban J connectivity index is 2.23. The third-order valence-corrected chi connectivity index (χ3v) is 2.73. The van der Waals surface area contributed by atoms with E-state index in [4.69, 9.17) is 5.26 Å². The predicted molar refractivity (Wildman–Crippen MR) is 68.6 cm³/mol. The Morgan fingerprint density at radius 1 is 1.10 bits per heavy atom. The van der Waals surface area contributed by atoms with E-state index in [1.54, 1.807) is 30.3 Å². The zero-order chi connectivity index (χ0) is 14.5. The average molecular weight is 272 g/mol. The van der Waals surface area contributed by atoms with Crippen LogP contribution in [0.2, 0.25) is 0 Å². The molecule has 1 atom stereocenters. The topological polar surface area (TPSA) is 52.9 Å². The first-order valence-corrected chi connectivity index (χ1v) is 5.83. The second kappa shape index (κ2) is 5.93. The molecule has 0 bridgehead atoms. The van der Waals surface area contributed by atoms with Crippen LogP contribution < -0.4 is 5.32 Å². The summed E-state index contributed by atoms with van der Waals surface area (Å²) in [6.07, 6.45) is 0. The largest absolute Gasteiger partial charge is 0.332 e. The molecule has 5 heteroatoms. The molecule has 0 saturated heterocycles. The van der Waals surface area contributed by atoms with Gasteiger partial charge >= 0.3 is 0 Å². The standard InChI is InChI=1S/C15H10F2N2O/c16-12-8-4-7-11(14(12)17)15(20)19-13(9-18)10-5-2-1-3-6-10/h1-8,13H,(H,19,20). The number of nitriles is 1. The summed E-state index contributed by atoms with van der Waals surface area (Å²) in [6.45, 7) is 0. The van der Waals surface area contributed by atoms with E-state index in [1.807, 2.05) is 6.07 Å².